The highest BCUT2D eigenvalue weighted by atomic mass is 16.6. The minimum atomic E-state index is 0.480. The van der Waals surface area contributed by atoms with Crippen molar-refractivity contribution in [3.63, 3.8) is 0 Å². The highest BCUT2D eigenvalue weighted by Gasteiger charge is 1.81. The third-order valence-corrected chi connectivity index (χ3v) is 0.551. The summed E-state index contributed by atoms with van der Waals surface area (Å²) in [5.74, 6) is 4.66. The van der Waals surface area contributed by atoms with Gasteiger partial charge < -0.3 is 15.5 Å². The fourth-order valence-corrected chi connectivity index (χ4v) is 0.235. The normalized spacial score (nSPS) is 8.71. The molecule has 0 bridgehead atoms. The van der Waals surface area contributed by atoms with Crippen LogP contribution in [0.2, 0.25) is 0 Å². The van der Waals surface area contributed by atoms with E-state index in [1.165, 1.54) is 0 Å². The standard InChI is InChI=1S/C3H9N3O/c4-6-2-1-3-7-5/h6H,1-3,5H2. The zero-order chi connectivity index (χ0) is 5.54. The van der Waals surface area contributed by atoms with Crippen LogP contribution >= 0.6 is 0 Å². The largest absolute Gasteiger partial charge is 0.509 e. The van der Waals surface area contributed by atoms with Gasteiger partial charge in [0.1, 0.15) is 6.54 Å². The summed E-state index contributed by atoms with van der Waals surface area (Å²) in [6.07, 6.45) is 0.729. The van der Waals surface area contributed by atoms with Crippen LogP contribution < -0.4 is 11.0 Å². The third-order valence-electron chi connectivity index (χ3n) is 0.551. The zero-order valence-electron chi connectivity index (χ0n) is 4.05. The molecule has 0 aromatic rings. The van der Waals surface area contributed by atoms with Gasteiger partial charge in [0.15, 0.2) is 0 Å². The van der Waals surface area contributed by atoms with Crippen LogP contribution in [0.15, 0.2) is 0 Å². The van der Waals surface area contributed by atoms with E-state index in [0.717, 1.165) is 6.42 Å². The van der Waals surface area contributed by atoms with Crippen LogP contribution in [-0.2, 0) is 4.84 Å². The lowest BCUT2D eigenvalue weighted by molar-refractivity contribution is -0.481. The molecule has 0 aliphatic heterocycles. The number of hydrogen-bond donors (Lipinski definition) is 2. The van der Waals surface area contributed by atoms with Gasteiger partial charge in [0.2, 0.25) is 0 Å². The third kappa shape index (κ3) is 5.52. The molecule has 0 spiro atoms. The molecule has 0 aliphatic rings. The Morgan fingerprint density at radius 1 is 1.71 bits per heavy atom. The molecular weight excluding hydrogens is 94.1 g/mol. The first-order valence-electron chi connectivity index (χ1n) is 2.10. The lowest BCUT2D eigenvalue weighted by Gasteiger charge is -1.88. The molecule has 3 N–H and O–H groups in total. The monoisotopic (exact) mass is 103 g/mol. The molecule has 0 aliphatic carbocycles. The van der Waals surface area contributed by atoms with Crippen LogP contribution in [-0.4, -0.2) is 13.2 Å². The molecule has 0 saturated heterocycles. The molecule has 0 aromatic carbocycles. The van der Waals surface area contributed by atoms with Crippen molar-refractivity contribution in [1.29, 1.82) is 0 Å². The lowest BCUT2D eigenvalue weighted by atomic mass is 10.5. The first-order valence-corrected chi connectivity index (χ1v) is 2.10. The summed E-state index contributed by atoms with van der Waals surface area (Å²) in [6.45, 7) is 1.00. The Hall–Kier alpha value is -0.480. The summed E-state index contributed by atoms with van der Waals surface area (Å²) < 4.78 is 0. The molecule has 0 saturated carbocycles. The molecule has 0 amide bonds. The topological polar surface area (TPSA) is 71.5 Å². The summed E-state index contributed by atoms with van der Waals surface area (Å²) in [4.78, 5) is 4.19. The van der Waals surface area contributed by atoms with Crippen LogP contribution in [0.25, 0.3) is 5.53 Å². The van der Waals surface area contributed by atoms with Crippen molar-refractivity contribution in [2.45, 2.75) is 6.42 Å². The summed E-state index contributed by atoms with van der Waals surface area (Å²) in [6, 6.07) is 0. The van der Waals surface area contributed by atoms with Crippen LogP contribution in [0.4, 0.5) is 0 Å². The van der Waals surface area contributed by atoms with Gasteiger partial charge in [-0.15, -0.1) is 0 Å². The van der Waals surface area contributed by atoms with Gasteiger partial charge in [0.25, 0.3) is 0 Å². The van der Waals surface area contributed by atoms with Gasteiger partial charge in [-0.25, -0.2) is 5.90 Å². The molecule has 42 valence electrons. The Labute approximate surface area is 42.1 Å². The van der Waals surface area contributed by atoms with Crippen molar-refractivity contribution in [3.05, 3.63) is 5.53 Å². The maximum Gasteiger partial charge on any atom is 0.131 e. The second-order valence-electron chi connectivity index (χ2n) is 1.13. The fourth-order valence-electron chi connectivity index (χ4n) is 0.235. The maximum atomic E-state index is 7.95. The molecule has 0 atom stereocenters. The van der Waals surface area contributed by atoms with E-state index in [4.69, 9.17) is 5.53 Å². The van der Waals surface area contributed by atoms with Crippen molar-refractivity contribution in [1.82, 2.24) is 0 Å². The SMILES string of the molecule is [N-]=[NH+]CCCON. The van der Waals surface area contributed by atoms with E-state index in [1.54, 1.807) is 0 Å². The van der Waals surface area contributed by atoms with Gasteiger partial charge in [-0.2, -0.15) is 0 Å². The van der Waals surface area contributed by atoms with E-state index in [2.05, 4.69) is 10.7 Å². The van der Waals surface area contributed by atoms with Gasteiger partial charge in [-0.1, -0.05) is 0 Å². The van der Waals surface area contributed by atoms with E-state index in [-0.39, 0.29) is 0 Å². The van der Waals surface area contributed by atoms with Crippen molar-refractivity contribution in [3.8, 4) is 0 Å². The predicted octanol–water partition coefficient (Wildman–Crippen LogP) is -1.63. The molecule has 0 fully saturated rings. The highest BCUT2D eigenvalue weighted by molar-refractivity contribution is 4.24. The Morgan fingerprint density at radius 3 is 2.86 bits per heavy atom. The highest BCUT2D eigenvalue weighted by Crippen LogP contribution is 1.67. The summed E-state index contributed by atoms with van der Waals surface area (Å²) in [7, 11) is 0. The summed E-state index contributed by atoms with van der Waals surface area (Å²) >= 11 is 0. The Balaban J connectivity index is 2.56. The average molecular weight is 103 g/mol. The molecule has 4 nitrogen and oxygen atoms in total. The van der Waals surface area contributed by atoms with Gasteiger partial charge in [-0.3, -0.25) is 0 Å². The van der Waals surface area contributed by atoms with E-state index in [0.29, 0.717) is 13.2 Å². The van der Waals surface area contributed by atoms with E-state index < -0.39 is 0 Å². The molecule has 0 heterocycles. The van der Waals surface area contributed by atoms with E-state index in [1.807, 2.05) is 5.11 Å². The summed E-state index contributed by atoms with van der Waals surface area (Å²) in [5.41, 5.74) is 7.95. The van der Waals surface area contributed by atoms with Gasteiger partial charge in [0.05, 0.1) is 6.61 Å². The average Bonchev–Trinajstić information content (AvgIpc) is 1.69. The summed E-state index contributed by atoms with van der Waals surface area (Å²) in [5, 5.41) is 1.97. The molecule has 0 aromatic heterocycles. The number of nitrogens with zero attached hydrogens (tertiary/aromatic N) is 1. The fraction of sp³-hybridized carbons (Fsp3) is 1.00. The molecule has 0 radical (unpaired) electrons. The van der Waals surface area contributed by atoms with Crippen molar-refractivity contribution < 1.29 is 9.95 Å². The smallest absolute Gasteiger partial charge is 0.131 e. The van der Waals surface area contributed by atoms with Crippen LogP contribution in [0.5, 0.6) is 0 Å². The predicted molar refractivity (Wildman–Crippen MR) is 23.9 cm³/mol. The second-order valence-corrected chi connectivity index (χ2v) is 1.13. The van der Waals surface area contributed by atoms with E-state index in [9.17, 15) is 0 Å². The maximum absolute atomic E-state index is 7.95. The Kier molecular flexibility index (Phi) is 5.14. The first-order chi connectivity index (χ1) is 3.41. The lowest BCUT2D eigenvalue weighted by Crippen LogP contribution is -2.63. The minimum absolute atomic E-state index is 0.480. The number of rotatable bonds is 4. The van der Waals surface area contributed by atoms with Gasteiger partial charge in [0, 0.05) is 6.42 Å². The Morgan fingerprint density at radius 2 is 2.43 bits per heavy atom. The van der Waals surface area contributed by atoms with Crippen molar-refractivity contribution in [2.24, 2.45) is 5.90 Å². The minimum Gasteiger partial charge on any atom is -0.509 e. The first kappa shape index (κ1) is 6.52. The van der Waals surface area contributed by atoms with Crippen LogP contribution in [0.3, 0.4) is 0 Å². The molecule has 0 unspecified atom stereocenters. The number of nitrogens with two attached hydrogens (primary N) is 1. The van der Waals surface area contributed by atoms with Crippen molar-refractivity contribution in [2.75, 3.05) is 13.2 Å². The van der Waals surface area contributed by atoms with Crippen LogP contribution in [0, 0.1) is 0 Å². The Bertz CT molecular complexity index is 47.4. The van der Waals surface area contributed by atoms with E-state index >= 15 is 0 Å². The van der Waals surface area contributed by atoms with Crippen molar-refractivity contribution >= 4 is 0 Å². The number of hydrogen-bond acceptors (Lipinski definition) is 2. The molecule has 0 rings (SSSR count). The quantitative estimate of drug-likeness (QED) is 0.255. The second kappa shape index (κ2) is 5.52. The van der Waals surface area contributed by atoms with Gasteiger partial charge in [-0.05, 0) is 0 Å². The zero-order valence-corrected chi connectivity index (χ0v) is 4.05. The number of nitrogens with one attached hydrogen (secondary N) is 1. The molecule has 7 heavy (non-hydrogen) atoms. The van der Waals surface area contributed by atoms with Crippen LogP contribution in [0.1, 0.15) is 6.42 Å². The van der Waals surface area contributed by atoms with Gasteiger partial charge >= 0.3 is 0 Å². The molecular formula is C3H9N3O. The molecule has 4 heteroatoms.